The quantitative estimate of drug-likeness (QED) is 0.183. The van der Waals surface area contributed by atoms with Gasteiger partial charge in [0.05, 0.1) is 22.8 Å². The van der Waals surface area contributed by atoms with Gasteiger partial charge in [0.25, 0.3) is 5.91 Å². The molecular weight excluding hydrogens is 686 g/mol. The smallest absolute Gasteiger partial charge is 0.267 e. The molecule has 266 valence electrons. The summed E-state index contributed by atoms with van der Waals surface area (Å²) >= 11 is 7.55. The molecule has 0 aliphatic carbocycles. The molecule has 4 aromatic rings. The molecule has 0 radical (unpaired) electrons. The number of piperazine rings is 1. The number of carbonyl (C=O) groups is 3. The van der Waals surface area contributed by atoms with E-state index < -0.39 is 0 Å². The molecule has 3 fully saturated rings. The number of anilines is 5. The number of nitrogens with zero attached hydrogens (tertiary/aromatic N) is 6. The molecule has 1 unspecified atom stereocenters. The maximum atomic E-state index is 12.9. The highest BCUT2D eigenvalue weighted by atomic mass is 35.5. The standard InChI is InChI=1S/C37H42ClN9O3S/c1-23-4-3-5-29(38)34(23)44-36(50)30-21-39-37(51-30)42-31-20-32(41-24(2)40-31)47-14-12-25(13-15-47)22-45-16-18-46(19-17-45)27-8-6-26(7-9-27)28-10-11-33(48)43-35(28)49/h3-9,20-21,25,28H,10-19,22H2,1-2H3,(H,44,50)(H,43,48,49)(H,39,40,41,42). The number of benzene rings is 2. The normalized spacial score (nSPS) is 18.8. The van der Waals surface area contributed by atoms with E-state index in [1.165, 1.54) is 17.0 Å². The third kappa shape index (κ3) is 8.32. The number of para-hydroxylation sites is 1. The van der Waals surface area contributed by atoms with Gasteiger partial charge in [0.15, 0.2) is 5.13 Å². The van der Waals surface area contributed by atoms with E-state index in [-0.39, 0.29) is 23.6 Å². The van der Waals surface area contributed by atoms with Crippen molar-refractivity contribution in [2.45, 2.75) is 45.4 Å². The number of halogens is 1. The van der Waals surface area contributed by atoms with E-state index in [1.54, 1.807) is 12.3 Å². The van der Waals surface area contributed by atoms with Crippen molar-refractivity contribution in [3.63, 3.8) is 0 Å². The second-order valence-electron chi connectivity index (χ2n) is 13.5. The van der Waals surface area contributed by atoms with Crippen molar-refractivity contribution in [2.75, 3.05) is 66.2 Å². The molecular formula is C37H42ClN9O3S. The highest BCUT2D eigenvalue weighted by molar-refractivity contribution is 7.17. The third-order valence-corrected chi connectivity index (χ3v) is 11.2. The molecule has 3 amide bonds. The number of rotatable bonds is 9. The average Bonchev–Trinajstić information content (AvgIpc) is 3.59. The second-order valence-corrected chi connectivity index (χ2v) is 15.0. The summed E-state index contributed by atoms with van der Waals surface area (Å²) in [5, 5.41) is 9.70. The van der Waals surface area contributed by atoms with Crippen molar-refractivity contribution in [3.05, 3.63) is 81.6 Å². The highest BCUT2D eigenvalue weighted by Crippen LogP contribution is 2.31. The van der Waals surface area contributed by atoms with E-state index in [0.29, 0.717) is 51.1 Å². The number of carbonyl (C=O) groups excluding carboxylic acids is 3. The minimum atomic E-state index is -0.264. The Hall–Kier alpha value is -4.59. The second kappa shape index (κ2) is 15.3. The molecule has 3 saturated heterocycles. The maximum Gasteiger partial charge on any atom is 0.267 e. The van der Waals surface area contributed by atoms with Crippen LogP contribution >= 0.6 is 22.9 Å². The molecule has 3 N–H and O–H groups in total. The molecule has 0 saturated carbocycles. The summed E-state index contributed by atoms with van der Waals surface area (Å²) in [4.78, 5) is 58.2. The molecule has 0 spiro atoms. The van der Waals surface area contributed by atoms with Gasteiger partial charge < -0.3 is 20.4 Å². The topological polar surface area (TPSA) is 136 Å². The SMILES string of the molecule is Cc1nc(Nc2ncc(C(=O)Nc3c(C)cccc3Cl)s2)cc(N2CCC(CN3CCN(c4ccc(C5CCC(=O)NC5=O)cc4)CC3)CC2)n1. The van der Waals surface area contributed by atoms with Crippen LogP contribution in [0, 0.1) is 19.8 Å². The van der Waals surface area contributed by atoms with Gasteiger partial charge in [-0.1, -0.05) is 47.2 Å². The zero-order valence-electron chi connectivity index (χ0n) is 28.8. The monoisotopic (exact) mass is 727 g/mol. The Morgan fingerprint density at radius 3 is 2.45 bits per heavy atom. The first kappa shape index (κ1) is 34.8. The fraction of sp³-hybridized carbons (Fsp3) is 0.405. The summed E-state index contributed by atoms with van der Waals surface area (Å²) in [5.41, 5.74) is 3.64. The summed E-state index contributed by atoms with van der Waals surface area (Å²) in [6.45, 7) is 10.7. The Morgan fingerprint density at radius 1 is 0.961 bits per heavy atom. The van der Waals surface area contributed by atoms with Gasteiger partial charge in [-0.25, -0.2) is 15.0 Å². The van der Waals surface area contributed by atoms with E-state index in [9.17, 15) is 14.4 Å². The molecule has 14 heteroatoms. The lowest BCUT2D eigenvalue weighted by molar-refractivity contribution is -0.134. The van der Waals surface area contributed by atoms with Crippen LogP contribution in [0.4, 0.5) is 28.1 Å². The molecule has 2 aromatic carbocycles. The van der Waals surface area contributed by atoms with Crippen LogP contribution in [-0.4, -0.2) is 83.4 Å². The number of hydrogen-bond donors (Lipinski definition) is 3. The van der Waals surface area contributed by atoms with Gasteiger partial charge in [-0.3, -0.25) is 24.6 Å². The van der Waals surface area contributed by atoms with Crippen LogP contribution in [-0.2, 0) is 9.59 Å². The predicted molar refractivity (Wildman–Crippen MR) is 201 cm³/mol. The van der Waals surface area contributed by atoms with Crippen molar-refractivity contribution in [1.29, 1.82) is 0 Å². The molecule has 2 aromatic heterocycles. The molecule has 12 nitrogen and oxygen atoms in total. The number of amides is 3. The lowest BCUT2D eigenvalue weighted by Crippen LogP contribution is -2.49. The first-order valence-corrected chi connectivity index (χ1v) is 18.7. The summed E-state index contributed by atoms with van der Waals surface area (Å²) in [6.07, 6.45) is 4.72. The Balaban J connectivity index is 0.875. The first-order valence-electron chi connectivity index (χ1n) is 17.5. The maximum absolute atomic E-state index is 12.9. The lowest BCUT2D eigenvalue weighted by atomic mass is 9.90. The van der Waals surface area contributed by atoms with Crippen molar-refractivity contribution < 1.29 is 14.4 Å². The van der Waals surface area contributed by atoms with Gasteiger partial charge in [0.1, 0.15) is 22.3 Å². The van der Waals surface area contributed by atoms with Gasteiger partial charge in [-0.05, 0) is 68.4 Å². The molecule has 3 aliphatic heterocycles. The van der Waals surface area contributed by atoms with Crippen molar-refractivity contribution in [3.8, 4) is 0 Å². The molecule has 5 heterocycles. The van der Waals surface area contributed by atoms with E-state index >= 15 is 0 Å². The lowest BCUT2D eigenvalue weighted by Gasteiger charge is -2.40. The number of thiazole rings is 1. The molecule has 1 atom stereocenters. The Kier molecular flexibility index (Phi) is 10.5. The zero-order valence-corrected chi connectivity index (χ0v) is 30.4. The summed E-state index contributed by atoms with van der Waals surface area (Å²) in [7, 11) is 0. The van der Waals surface area contributed by atoms with E-state index in [1.807, 2.05) is 44.2 Å². The van der Waals surface area contributed by atoms with Crippen LogP contribution in [0.2, 0.25) is 5.02 Å². The number of nitrogens with one attached hydrogen (secondary N) is 3. The number of imide groups is 1. The van der Waals surface area contributed by atoms with Crippen molar-refractivity contribution in [2.24, 2.45) is 5.92 Å². The Morgan fingerprint density at radius 2 is 1.73 bits per heavy atom. The van der Waals surface area contributed by atoms with Gasteiger partial charge in [0.2, 0.25) is 11.8 Å². The highest BCUT2D eigenvalue weighted by Gasteiger charge is 2.29. The minimum Gasteiger partial charge on any atom is -0.369 e. The summed E-state index contributed by atoms with van der Waals surface area (Å²) in [5.74, 6) is 1.96. The van der Waals surface area contributed by atoms with Crippen molar-refractivity contribution >= 4 is 68.8 Å². The van der Waals surface area contributed by atoms with Crippen LogP contribution in [0.1, 0.15) is 58.2 Å². The average molecular weight is 728 g/mol. The van der Waals surface area contributed by atoms with Crippen LogP contribution < -0.4 is 25.8 Å². The van der Waals surface area contributed by atoms with Crippen LogP contribution in [0.15, 0.2) is 54.7 Å². The molecule has 7 rings (SSSR count). The number of hydrogen-bond acceptors (Lipinski definition) is 11. The Bertz CT molecular complexity index is 1880. The third-order valence-electron chi connectivity index (χ3n) is 9.98. The van der Waals surface area contributed by atoms with E-state index in [2.05, 4.69) is 52.8 Å². The number of aryl methyl sites for hydroxylation is 2. The molecule has 0 bridgehead atoms. The number of aromatic nitrogens is 3. The van der Waals surface area contributed by atoms with E-state index in [0.717, 1.165) is 75.6 Å². The fourth-order valence-corrected chi connectivity index (χ4v) is 8.10. The van der Waals surface area contributed by atoms with Crippen LogP contribution in [0.25, 0.3) is 0 Å². The van der Waals surface area contributed by atoms with E-state index in [4.69, 9.17) is 16.6 Å². The van der Waals surface area contributed by atoms with Gasteiger partial charge >= 0.3 is 0 Å². The van der Waals surface area contributed by atoms with Gasteiger partial charge in [0, 0.05) is 64.0 Å². The van der Waals surface area contributed by atoms with Crippen LogP contribution in [0.5, 0.6) is 0 Å². The van der Waals surface area contributed by atoms with Gasteiger partial charge in [-0.2, -0.15) is 0 Å². The van der Waals surface area contributed by atoms with Crippen LogP contribution in [0.3, 0.4) is 0 Å². The van der Waals surface area contributed by atoms with Crippen molar-refractivity contribution in [1.82, 2.24) is 25.2 Å². The largest absolute Gasteiger partial charge is 0.369 e. The molecule has 3 aliphatic rings. The predicted octanol–water partition coefficient (Wildman–Crippen LogP) is 5.76. The Labute approximate surface area is 306 Å². The first-order chi connectivity index (χ1) is 24.7. The zero-order chi connectivity index (χ0) is 35.5. The minimum absolute atomic E-state index is 0.183. The molecule has 51 heavy (non-hydrogen) atoms. The van der Waals surface area contributed by atoms with Gasteiger partial charge in [-0.15, -0.1) is 0 Å². The fourth-order valence-electron chi connectivity index (χ4n) is 7.12. The summed E-state index contributed by atoms with van der Waals surface area (Å²) in [6, 6.07) is 15.7. The summed E-state index contributed by atoms with van der Waals surface area (Å²) < 4.78 is 0. The number of piperidine rings is 2.